The van der Waals surface area contributed by atoms with Crippen LogP contribution in [0.4, 0.5) is 0 Å². The van der Waals surface area contributed by atoms with E-state index in [1.54, 1.807) is 35.0 Å². The van der Waals surface area contributed by atoms with Crippen molar-refractivity contribution in [3.63, 3.8) is 0 Å². The summed E-state index contributed by atoms with van der Waals surface area (Å²) in [6.45, 7) is 0.112. The Bertz CT molecular complexity index is 1140. The number of hydrogen-bond donors (Lipinski definition) is 4. The van der Waals surface area contributed by atoms with Gasteiger partial charge >= 0.3 is 0 Å². The fourth-order valence-corrected chi connectivity index (χ4v) is 3.83. The molecule has 5 rings (SSSR count). The highest BCUT2D eigenvalue weighted by atomic mass is 16.7. The van der Waals surface area contributed by atoms with Crippen molar-refractivity contribution in [2.75, 3.05) is 13.9 Å². The molecular formula is C19H20N4O7. The zero-order valence-electron chi connectivity index (χ0n) is 15.9. The number of benzene rings is 1. The van der Waals surface area contributed by atoms with Gasteiger partial charge in [-0.25, -0.2) is 4.98 Å². The molecule has 30 heavy (non-hydrogen) atoms. The van der Waals surface area contributed by atoms with Crippen LogP contribution >= 0.6 is 0 Å². The van der Waals surface area contributed by atoms with E-state index in [9.17, 15) is 15.3 Å². The summed E-state index contributed by atoms with van der Waals surface area (Å²) < 4.78 is 18.1. The van der Waals surface area contributed by atoms with Crippen LogP contribution in [0.2, 0.25) is 0 Å². The molecule has 1 saturated heterocycles. The largest absolute Gasteiger partial charge is 0.454 e. The Labute approximate surface area is 169 Å². The van der Waals surface area contributed by atoms with E-state index in [2.05, 4.69) is 15.1 Å². The van der Waals surface area contributed by atoms with Crippen LogP contribution in [0.3, 0.4) is 0 Å². The van der Waals surface area contributed by atoms with Gasteiger partial charge in [0.25, 0.3) is 0 Å². The number of aromatic amines is 1. The van der Waals surface area contributed by atoms with Crippen LogP contribution in [0.5, 0.6) is 11.5 Å². The van der Waals surface area contributed by atoms with E-state index in [0.29, 0.717) is 33.6 Å². The lowest BCUT2D eigenvalue weighted by atomic mass is 9.99. The number of fused-ring (bicyclic) bond motifs is 2. The summed E-state index contributed by atoms with van der Waals surface area (Å²) in [5, 5.41) is 36.6. The standard InChI is InChI=1S/C19H20N4O7/c1-27-22-17-10-4-5-23(18(10)21-7-20-17)19-15(26)14(25)16(30-19)13(24)9-2-3-11-12(6-9)29-8-28-11/h2-7,13-16,19,24-26H,8H2,1H3,(H,20,21,22)/t13?,14-,15+,16+,19+/m0/s1. The minimum atomic E-state index is -1.33. The minimum absolute atomic E-state index is 0.112. The van der Waals surface area contributed by atoms with Crippen LogP contribution in [0.25, 0.3) is 11.0 Å². The van der Waals surface area contributed by atoms with Crippen molar-refractivity contribution in [3.8, 4) is 11.5 Å². The molecule has 4 heterocycles. The maximum atomic E-state index is 10.8. The average molecular weight is 416 g/mol. The molecule has 3 aromatic rings. The van der Waals surface area contributed by atoms with E-state index >= 15 is 0 Å². The topological polar surface area (TPSA) is 144 Å². The second-order valence-corrected chi connectivity index (χ2v) is 7.02. The maximum Gasteiger partial charge on any atom is 0.231 e. The summed E-state index contributed by atoms with van der Waals surface area (Å²) >= 11 is 0. The molecule has 0 bridgehead atoms. The van der Waals surface area contributed by atoms with Crippen LogP contribution < -0.4 is 15.0 Å². The van der Waals surface area contributed by atoms with E-state index in [1.165, 1.54) is 13.4 Å². The summed E-state index contributed by atoms with van der Waals surface area (Å²) in [5.41, 5.74) is 1.40. The Hall–Kier alpha value is -3.12. The SMILES string of the molecule is CON=c1[nH]cnc2c1ccn2[C@@H]1O[C@H](C(O)c2ccc3c(c2)OCO3)[C@@H](O)[C@H]1O. The van der Waals surface area contributed by atoms with Crippen molar-refractivity contribution in [2.45, 2.75) is 30.6 Å². The van der Waals surface area contributed by atoms with Crippen LogP contribution in [0.15, 0.2) is 41.9 Å². The van der Waals surface area contributed by atoms with Gasteiger partial charge in [-0.1, -0.05) is 11.2 Å². The van der Waals surface area contributed by atoms with Gasteiger partial charge in [-0.2, -0.15) is 0 Å². The summed E-state index contributed by atoms with van der Waals surface area (Å²) in [5.74, 6) is 1.08. The summed E-state index contributed by atoms with van der Waals surface area (Å²) in [4.78, 5) is 12.0. The second-order valence-electron chi connectivity index (χ2n) is 7.02. The number of aliphatic hydroxyl groups is 3. The molecule has 0 amide bonds. The van der Waals surface area contributed by atoms with Gasteiger partial charge in [-0.05, 0) is 23.8 Å². The molecule has 0 aliphatic carbocycles. The zero-order chi connectivity index (χ0) is 20.8. The quantitative estimate of drug-likeness (QED) is 0.432. The highest BCUT2D eigenvalue weighted by Gasteiger charge is 2.47. The summed E-state index contributed by atoms with van der Waals surface area (Å²) in [6, 6.07) is 6.70. The van der Waals surface area contributed by atoms with Gasteiger partial charge < -0.3 is 43.9 Å². The van der Waals surface area contributed by atoms with Gasteiger partial charge in [-0.3, -0.25) is 0 Å². The molecule has 4 N–H and O–H groups in total. The lowest BCUT2D eigenvalue weighted by molar-refractivity contribution is -0.0848. The smallest absolute Gasteiger partial charge is 0.231 e. The Kier molecular flexibility index (Phi) is 4.59. The van der Waals surface area contributed by atoms with Crippen molar-refractivity contribution in [2.24, 2.45) is 5.16 Å². The fourth-order valence-electron chi connectivity index (χ4n) is 3.83. The van der Waals surface area contributed by atoms with Gasteiger partial charge in [0.1, 0.15) is 37.2 Å². The highest BCUT2D eigenvalue weighted by Crippen LogP contribution is 2.40. The third-order valence-corrected chi connectivity index (χ3v) is 5.31. The molecule has 0 radical (unpaired) electrons. The number of aromatic nitrogens is 3. The Morgan fingerprint density at radius 1 is 1.23 bits per heavy atom. The molecule has 2 aliphatic rings. The lowest BCUT2D eigenvalue weighted by Gasteiger charge is -2.21. The van der Waals surface area contributed by atoms with Gasteiger partial charge in [0.05, 0.1) is 11.7 Å². The van der Waals surface area contributed by atoms with Crippen molar-refractivity contribution >= 4 is 11.0 Å². The third-order valence-electron chi connectivity index (χ3n) is 5.31. The number of H-pyrrole nitrogens is 1. The predicted octanol–water partition coefficient (Wildman–Crippen LogP) is -0.0920. The maximum absolute atomic E-state index is 10.8. The van der Waals surface area contributed by atoms with Gasteiger partial charge in [0.15, 0.2) is 23.2 Å². The minimum Gasteiger partial charge on any atom is -0.454 e. The molecule has 11 heteroatoms. The molecule has 1 fully saturated rings. The number of rotatable bonds is 4. The Morgan fingerprint density at radius 2 is 2.07 bits per heavy atom. The second kappa shape index (κ2) is 7.29. The molecule has 1 unspecified atom stereocenters. The molecule has 5 atom stereocenters. The average Bonchev–Trinajstić information content (AvgIpc) is 3.46. The summed E-state index contributed by atoms with van der Waals surface area (Å²) in [7, 11) is 1.43. The third kappa shape index (κ3) is 2.91. The predicted molar refractivity (Wildman–Crippen MR) is 100 cm³/mol. The van der Waals surface area contributed by atoms with E-state index in [0.717, 1.165) is 0 Å². The lowest BCUT2D eigenvalue weighted by Crippen LogP contribution is -2.34. The van der Waals surface area contributed by atoms with Gasteiger partial charge in [0.2, 0.25) is 6.79 Å². The number of aliphatic hydroxyl groups excluding tert-OH is 3. The van der Waals surface area contributed by atoms with Crippen LogP contribution in [-0.2, 0) is 9.57 Å². The number of nitrogens with one attached hydrogen (secondary N) is 1. The molecular weight excluding hydrogens is 396 g/mol. The first-order chi connectivity index (χ1) is 14.6. The molecule has 2 aliphatic heterocycles. The van der Waals surface area contributed by atoms with Gasteiger partial charge in [0, 0.05) is 6.20 Å². The molecule has 2 aromatic heterocycles. The van der Waals surface area contributed by atoms with Crippen LogP contribution in [0, 0.1) is 0 Å². The molecule has 1 aromatic carbocycles. The highest BCUT2D eigenvalue weighted by molar-refractivity contribution is 5.74. The molecule has 158 valence electrons. The monoisotopic (exact) mass is 416 g/mol. The fraction of sp³-hybridized carbons (Fsp3) is 0.368. The zero-order valence-corrected chi connectivity index (χ0v) is 15.9. The van der Waals surface area contributed by atoms with Crippen LogP contribution in [0.1, 0.15) is 17.9 Å². The molecule has 0 saturated carbocycles. The number of hydrogen-bond acceptors (Lipinski definition) is 9. The van der Waals surface area contributed by atoms with Crippen molar-refractivity contribution < 1.29 is 34.4 Å². The first kappa shape index (κ1) is 18.9. The first-order valence-electron chi connectivity index (χ1n) is 9.29. The Morgan fingerprint density at radius 3 is 2.90 bits per heavy atom. The van der Waals surface area contributed by atoms with Crippen molar-refractivity contribution in [1.82, 2.24) is 14.5 Å². The number of ether oxygens (including phenoxy) is 3. The van der Waals surface area contributed by atoms with E-state index < -0.39 is 30.6 Å². The summed E-state index contributed by atoms with van der Waals surface area (Å²) in [6.07, 6.45) is -2.74. The first-order valence-corrected chi connectivity index (χ1v) is 9.29. The van der Waals surface area contributed by atoms with Crippen molar-refractivity contribution in [1.29, 1.82) is 0 Å². The van der Waals surface area contributed by atoms with E-state index in [1.807, 2.05) is 0 Å². The molecule has 0 spiro atoms. The van der Waals surface area contributed by atoms with Crippen molar-refractivity contribution in [3.05, 3.63) is 47.8 Å². The normalized spacial score (nSPS) is 27.0. The van der Waals surface area contributed by atoms with Crippen LogP contribution in [-0.4, -0.2) is 62.1 Å². The van der Waals surface area contributed by atoms with E-state index in [-0.39, 0.29) is 6.79 Å². The number of nitrogens with zero attached hydrogens (tertiary/aromatic N) is 3. The molecule has 11 nitrogen and oxygen atoms in total. The Balaban J connectivity index is 1.46. The van der Waals surface area contributed by atoms with Gasteiger partial charge in [-0.15, -0.1) is 0 Å². The van der Waals surface area contributed by atoms with E-state index in [4.69, 9.17) is 19.0 Å².